The molecule has 3 aromatic rings. The van der Waals surface area contributed by atoms with Crippen LogP contribution in [0, 0.1) is 10.1 Å². The highest BCUT2D eigenvalue weighted by Gasteiger charge is 2.25. The van der Waals surface area contributed by atoms with Crippen molar-refractivity contribution in [1.29, 1.82) is 0 Å². The number of benzene rings is 2. The van der Waals surface area contributed by atoms with Crippen molar-refractivity contribution in [2.75, 3.05) is 37.9 Å². The number of amides is 1. The number of aromatic nitrogens is 1. The lowest BCUT2D eigenvalue weighted by Crippen LogP contribution is -2.48. The van der Waals surface area contributed by atoms with Crippen molar-refractivity contribution in [2.45, 2.75) is 0 Å². The summed E-state index contributed by atoms with van der Waals surface area (Å²) in [4.78, 5) is 31.9. The van der Waals surface area contributed by atoms with E-state index in [0.717, 1.165) is 15.3 Å². The third-order valence-corrected chi connectivity index (χ3v) is 6.11. The number of hydrogen-bond donors (Lipinski definition) is 0. The largest absolute Gasteiger partial charge is 0.454 e. The van der Waals surface area contributed by atoms with E-state index < -0.39 is 4.92 Å². The van der Waals surface area contributed by atoms with Gasteiger partial charge in [-0.1, -0.05) is 11.3 Å². The number of anilines is 1. The van der Waals surface area contributed by atoms with E-state index in [1.165, 1.54) is 17.4 Å². The van der Waals surface area contributed by atoms with Crippen molar-refractivity contribution in [3.8, 4) is 11.5 Å². The van der Waals surface area contributed by atoms with Gasteiger partial charge in [0.15, 0.2) is 16.6 Å². The van der Waals surface area contributed by atoms with Gasteiger partial charge in [0.1, 0.15) is 0 Å². The lowest BCUT2D eigenvalue weighted by molar-refractivity contribution is -0.384. The predicted octanol–water partition coefficient (Wildman–Crippen LogP) is 2.90. The zero-order valence-corrected chi connectivity index (χ0v) is 16.1. The molecule has 0 unspecified atom stereocenters. The van der Waals surface area contributed by atoms with Gasteiger partial charge in [-0.05, 0) is 24.3 Å². The molecule has 2 aromatic carbocycles. The third-order valence-electron chi connectivity index (χ3n) is 5.03. The second kappa shape index (κ2) is 6.89. The van der Waals surface area contributed by atoms with Crippen LogP contribution in [0.25, 0.3) is 10.2 Å². The monoisotopic (exact) mass is 412 g/mol. The van der Waals surface area contributed by atoms with Crippen molar-refractivity contribution in [3.63, 3.8) is 0 Å². The number of carbonyl (C=O) groups excluding carboxylic acids is 1. The second-order valence-corrected chi connectivity index (χ2v) is 7.76. The maximum atomic E-state index is 12.8. The number of non-ortho nitro benzene ring substituents is 1. The average molecular weight is 412 g/mol. The summed E-state index contributed by atoms with van der Waals surface area (Å²) in [6, 6.07) is 9.92. The minimum atomic E-state index is -0.403. The van der Waals surface area contributed by atoms with Crippen molar-refractivity contribution in [3.05, 3.63) is 52.1 Å². The average Bonchev–Trinajstić information content (AvgIpc) is 3.38. The number of ether oxygens (including phenoxy) is 2. The minimum Gasteiger partial charge on any atom is -0.454 e. The van der Waals surface area contributed by atoms with Crippen LogP contribution in [-0.4, -0.2) is 53.7 Å². The van der Waals surface area contributed by atoms with Gasteiger partial charge in [-0.15, -0.1) is 0 Å². The van der Waals surface area contributed by atoms with Crippen LogP contribution in [-0.2, 0) is 0 Å². The first kappa shape index (κ1) is 17.7. The number of nitrogens with zero attached hydrogens (tertiary/aromatic N) is 4. The van der Waals surface area contributed by atoms with E-state index in [9.17, 15) is 14.9 Å². The number of hydrogen-bond acceptors (Lipinski definition) is 8. The number of nitro benzene ring substituents is 1. The molecular formula is C19H16N4O5S. The molecule has 2 aliphatic heterocycles. The lowest BCUT2D eigenvalue weighted by atomic mass is 10.1. The Morgan fingerprint density at radius 1 is 1.07 bits per heavy atom. The van der Waals surface area contributed by atoms with Crippen LogP contribution in [0.2, 0.25) is 0 Å². The highest BCUT2D eigenvalue weighted by atomic mass is 32.1. The third kappa shape index (κ3) is 3.21. The number of rotatable bonds is 3. The zero-order chi connectivity index (χ0) is 20.0. The molecule has 0 saturated carbocycles. The number of fused-ring (bicyclic) bond motifs is 2. The Bertz CT molecular complexity index is 1120. The van der Waals surface area contributed by atoms with Crippen LogP contribution in [0.15, 0.2) is 36.4 Å². The van der Waals surface area contributed by atoms with Crippen LogP contribution < -0.4 is 14.4 Å². The van der Waals surface area contributed by atoms with Gasteiger partial charge >= 0.3 is 0 Å². The molecule has 1 aromatic heterocycles. The van der Waals surface area contributed by atoms with Crippen molar-refractivity contribution in [2.24, 2.45) is 0 Å². The molecular weight excluding hydrogens is 396 g/mol. The summed E-state index contributed by atoms with van der Waals surface area (Å²) in [6.07, 6.45) is 0. The molecule has 1 amide bonds. The molecule has 0 bridgehead atoms. The molecule has 0 spiro atoms. The van der Waals surface area contributed by atoms with Crippen LogP contribution >= 0.6 is 11.3 Å². The summed E-state index contributed by atoms with van der Waals surface area (Å²) in [5, 5.41) is 11.8. The molecule has 3 heterocycles. The first-order chi connectivity index (χ1) is 14.1. The van der Waals surface area contributed by atoms with Crippen LogP contribution in [0.4, 0.5) is 10.8 Å². The van der Waals surface area contributed by atoms with Crippen molar-refractivity contribution in [1.82, 2.24) is 9.88 Å². The number of carbonyl (C=O) groups is 1. The minimum absolute atomic E-state index is 0.0390. The first-order valence-corrected chi connectivity index (χ1v) is 9.89. The van der Waals surface area contributed by atoms with Gasteiger partial charge < -0.3 is 19.3 Å². The molecule has 29 heavy (non-hydrogen) atoms. The van der Waals surface area contributed by atoms with E-state index in [0.29, 0.717) is 43.2 Å². The molecule has 2 aliphatic rings. The quantitative estimate of drug-likeness (QED) is 0.482. The molecule has 0 radical (unpaired) electrons. The number of piperazine rings is 1. The van der Waals surface area contributed by atoms with E-state index >= 15 is 0 Å². The van der Waals surface area contributed by atoms with E-state index in [2.05, 4.69) is 9.88 Å². The molecule has 1 saturated heterocycles. The van der Waals surface area contributed by atoms with Crippen molar-refractivity contribution >= 4 is 38.3 Å². The molecule has 0 N–H and O–H groups in total. The van der Waals surface area contributed by atoms with E-state index in [1.807, 2.05) is 4.90 Å². The van der Waals surface area contributed by atoms with Crippen LogP contribution in [0.5, 0.6) is 11.5 Å². The van der Waals surface area contributed by atoms with Gasteiger partial charge in [0, 0.05) is 43.9 Å². The maximum Gasteiger partial charge on any atom is 0.270 e. The molecule has 5 rings (SSSR count). The summed E-state index contributed by atoms with van der Waals surface area (Å²) in [7, 11) is 0. The molecule has 9 nitrogen and oxygen atoms in total. The van der Waals surface area contributed by atoms with Gasteiger partial charge in [0.05, 0.1) is 15.1 Å². The standard InChI is InChI=1S/C19H16N4O5S/c24-18(12-1-4-15-16(9-12)28-11-27-15)21-5-7-22(8-6-21)19-20-14-3-2-13(23(25)26)10-17(14)29-19/h1-4,9-10H,5-8,11H2. The van der Waals surface area contributed by atoms with E-state index in [-0.39, 0.29) is 18.4 Å². The SMILES string of the molecule is O=C(c1ccc2c(c1)OCO2)N1CCN(c2nc3ccc([N+](=O)[O-])cc3s2)CC1. The fourth-order valence-electron chi connectivity index (χ4n) is 3.46. The summed E-state index contributed by atoms with van der Waals surface area (Å²) < 4.78 is 11.4. The Labute approximate surface area is 169 Å². The molecule has 148 valence electrons. The van der Waals surface area contributed by atoms with Crippen molar-refractivity contribution < 1.29 is 19.2 Å². The summed E-state index contributed by atoms with van der Waals surface area (Å²) in [5.74, 6) is 1.21. The number of nitro groups is 1. The maximum absolute atomic E-state index is 12.8. The lowest BCUT2D eigenvalue weighted by Gasteiger charge is -2.34. The molecule has 1 fully saturated rings. The first-order valence-electron chi connectivity index (χ1n) is 9.07. The Morgan fingerprint density at radius 3 is 2.66 bits per heavy atom. The molecule has 0 aliphatic carbocycles. The predicted molar refractivity (Wildman–Crippen MR) is 107 cm³/mol. The fourth-order valence-corrected chi connectivity index (χ4v) is 4.51. The Kier molecular flexibility index (Phi) is 4.20. The topological polar surface area (TPSA) is 98.0 Å². The fraction of sp³-hybridized carbons (Fsp3) is 0.263. The van der Waals surface area contributed by atoms with Crippen LogP contribution in [0.1, 0.15) is 10.4 Å². The van der Waals surface area contributed by atoms with Gasteiger partial charge in [0.25, 0.3) is 11.6 Å². The van der Waals surface area contributed by atoms with Gasteiger partial charge in [-0.3, -0.25) is 14.9 Å². The Hall–Kier alpha value is -3.40. The van der Waals surface area contributed by atoms with E-state index in [1.54, 1.807) is 30.3 Å². The highest BCUT2D eigenvalue weighted by Crippen LogP contribution is 2.34. The normalized spacial score (nSPS) is 15.7. The van der Waals surface area contributed by atoms with Gasteiger partial charge in [0.2, 0.25) is 6.79 Å². The van der Waals surface area contributed by atoms with E-state index in [4.69, 9.17) is 9.47 Å². The second-order valence-electron chi connectivity index (χ2n) is 6.75. The van der Waals surface area contributed by atoms with Gasteiger partial charge in [-0.2, -0.15) is 0 Å². The summed E-state index contributed by atoms with van der Waals surface area (Å²) >= 11 is 1.43. The smallest absolute Gasteiger partial charge is 0.270 e. The molecule has 10 heteroatoms. The summed E-state index contributed by atoms with van der Waals surface area (Å²) in [6.45, 7) is 2.63. The zero-order valence-electron chi connectivity index (χ0n) is 15.2. The molecule has 0 atom stereocenters. The number of thiazole rings is 1. The Morgan fingerprint density at radius 2 is 1.86 bits per heavy atom. The summed E-state index contributed by atoms with van der Waals surface area (Å²) in [5.41, 5.74) is 1.39. The van der Waals surface area contributed by atoms with Gasteiger partial charge in [-0.25, -0.2) is 4.98 Å². The van der Waals surface area contributed by atoms with Crippen LogP contribution in [0.3, 0.4) is 0 Å². The Balaban J connectivity index is 1.28. The highest BCUT2D eigenvalue weighted by molar-refractivity contribution is 7.22.